The largest absolute Gasteiger partial charge is 0.497 e. The molecule has 2 N–H and O–H groups in total. The molecule has 1 aromatic carbocycles. The van der Waals surface area contributed by atoms with Gasteiger partial charge in [0, 0.05) is 18.0 Å². The molecule has 1 heterocycles. The number of ether oxygens (including phenoxy) is 2. The zero-order chi connectivity index (χ0) is 15.1. The second-order valence-corrected chi connectivity index (χ2v) is 5.60. The van der Waals surface area contributed by atoms with Crippen molar-refractivity contribution < 1.29 is 14.6 Å². The summed E-state index contributed by atoms with van der Waals surface area (Å²) in [5.41, 5.74) is 0.966. The summed E-state index contributed by atoms with van der Waals surface area (Å²) < 4.78 is 10.8. The van der Waals surface area contributed by atoms with Gasteiger partial charge in [-0.3, -0.25) is 0 Å². The summed E-state index contributed by atoms with van der Waals surface area (Å²) in [5, 5.41) is 15.1. The Morgan fingerprint density at radius 1 is 1.29 bits per heavy atom. The normalized spacial score (nSPS) is 12.1. The monoisotopic (exact) mass is 308 g/mol. The van der Waals surface area contributed by atoms with Crippen LogP contribution >= 0.6 is 11.3 Å². The van der Waals surface area contributed by atoms with E-state index in [1.54, 1.807) is 18.4 Å². The van der Waals surface area contributed by atoms with Crippen molar-refractivity contribution in [3.8, 4) is 11.5 Å². The van der Waals surface area contributed by atoms with Crippen LogP contribution in [-0.4, -0.2) is 29.8 Å². The van der Waals surface area contributed by atoms with Gasteiger partial charge < -0.3 is 19.9 Å². The van der Waals surface area contributed by atoms with Crippen LogP contribution < -0.4 is 14.8 Å². The van der Waals surface area contributed by atoms with E-state index in [-0.39, 0.29) is 12.6 Å². The van der Waals surface area contributed by atoms with Crippen LogP contribution in [-0.2, 0) is 13.2 Å². The molecule has 2 rings (SSSR count). The number of aliphatic hydroxyl groups excluding tert-OH is 1. The van der Waals surface area contributed by atoms with Crippen molar-refractivity contribution in [1.29, 1.82) is 0 Å². The molecule has 0 fully saturated rings. The highest BCUT2D eigenvalue weighted by Gasteiger charge is 2.05. The maximum absolute atomic E-state index is 8.96. The molecule has 0 saturated carbocycles. The summed E-state index contributed by atoms with van der Waals surface area (Å²) in [4.78, 5) is 4.49. The van der Waals surface area contributed by atoms with Gasteiger partial charge in [-0.2, -0.15) is 0 Å². The summed E-state index contributed by atoms with van der Waals surface area (Å²) >= 11 is 1.57. The second kappa shape index (κ2) is 7.97. The van der Waals surface area contributed by atoms with Crippen molar-refractivity contribution in [3.05, 3.63) is 40.3 Å². The van der Waals surface area contributed by atoms with Gasteiger partial charge in [0.1, 0.15) is 23.1 Å². The Morgan fingerprint density at radius 3 is 2.67 bits per heavy atom. The molecule has 2 aromatic rings. The standard InChI is InChI=1S/C15H20N2O3S/c1-11(8-18)16-7-12-10-21-15(17-12)9-20-14-5-3-13(19-2)4-6-14/h3-6,10-11,16,18H,7-9H2,1-2H3/t11-/m1/s1. The van der Waals surface area contributed by atoms with Crippen LogP contribution in [0.15, 0.2) is 29.6 Å². The summed E-state index contributed by atoms with van der Waals surface area (Å²) in [7, 11) is 1.64. The third-order valence-electron chi connectivity index (χ3n) is 2.93. The fourth-order valence-electron chi connectivity index (χ4n) is 1.66. The number of rotatable bonds is 8. The Labute approximate surface area is 128 Å². The Balaban J connectivity index is 1.81. The predicted molar refractivity (Wildman–Crippen MR) is 82.8 cm³/mol. The lowest BCUT2D eigenvalue weighted by atomic mass is 10.3. The average molecular weight is 308 g/mol. The van der Waals surface area contributed by atoms with E-state index >= 15 is 0 Å². The zero-order valence-corrected chi connectivity index (χ0v) is 13.0. The van der Waals surface area contributed by atoms with E-state index in [9.17, 15) is 0 Å². The first-order valence-electron chi connectivity index (χ1n) is 6.75. The summed E-state index contributed by atoms with van der Waals surface area (Å²) in [6.45, 7) is 3.16. The SMILES string of the molecule is COc1ccc(OCc2nc(CN[C@H](C)CO)cs2)cc1. The molecular formula is C15H20N2O3S. The lowest BCUT2D eigenvalue weighted by Crippen LogP contribution is -2.28. The van der Waals surface area contributed by atoms with E-state index in [0.29, 0.717) is 13.2 Å². The molecule has 0 spiro atoms. The molecule has 0 aliphatic rings. The summed E-state index contributed by atoms with van der Waals surface area (Å²) in [6.07, 6.45) is 0. The van der Waals surface area contributed by atoms with Crippen LogP contribution in [0.1, 0.15) is 17.6 Å². The molecular weight excluding hydrogens is 288 g/mol. The maximum atomic E-state index is 8.96. The van der Waals surface area contributed by atoms with Gasteiger partial charge in [-0.15, -0.1) is 11.3 Å². The number of methoxy groups -OCH3 is 1. The third kappa shape index (κ3) is 5.00. The average Bonchev–Trinajstić information content (AvgIpc) is 2.99. The van der Waals surface area contributed by atoms with E-state index in [1.807, 2.05) is 36.6 Å². The fourth-order valence-corrected chi connectivity index (χ4v) is 2.36. The van der Waals surface area contributed by atoms with Crippen LogP contribution in [0.2, 0.25) is 0 Å². The first-order valence-corrected chi connectivity index (χ1v) is 7.63. The van der Waals surface area contributed by atoms with E-state index in [1.165, 1.54) is 0 Å². The van der Waals surface area contributed by atoms with Crippen molar-refractivity contribution in [2.24, 2.45) is 0 Å². The van der Waals surface area contributed by atoms with Gasteiger partial charge in [0.05, 0.1) is 19.4 Å². The van der Waals surface area contributed by atoms with Gasteiger partial charge in [-0.05, 0) is 31.2 Å². The Hall–Kier alpha value is -1.63. The molecule has 6 heteroatoms. The Bertz CT molecular complexity index is 542. The number of nitrogens with zero attached hydrogens (tertiary/aromatic N) is 1. The third-order valence-corrected chi connectivity index (χ3v) is 3.80. The van der Waals surface area contributed by atoms with E-state index in [4.69, 9.17) is 14.6 Å². The van der Waals surface area contributed by atoms with Gasteiger partial charge >= 0.3 is 0 Å². The lowest BCUT2D eigenvalue weighted by molar-refractivity contribution is 0.250. The van der Waals surface area contributed by atoms with Crippen molar-refractivity contribution in [2.75, 3.05) is 13.7 Å². The first kappa shape index (κ1) is 15.8. The molecule has 0 unspecified atom stereocenters. The van der Waals surface area contributed by atoms with Gasteiger partial charge in [0.25, 0.3) is 0 Å². The molecule has 1 aromatic heterocycles. The topological polar surface area (TPSA) is 63.6 Å². The highest BCUT2D eigenvalue weighted by Crippen LogP contribution is 2.19. The zero-order valence-electron chi connectivity index (χ0n) is 12.2. The fraction of sp³-hybridized carbons (Fsp3) is 0.400. The molecule has 0 aliphatic carbocycles. The summed E-state index contributed by atoms with van der Waals surface area (Å²) in [6, 6.07) is 7.55. The number of hydrogen-bond acceptors (Lipinski definition) is 6. The molecule has 1 atom stereocenters. The summed E-state index contributed by atoms with van der Waals surface area (Å²) in [5.74, 6) is 1.60. The molecule has 0 radical (unpaired) electrons. The van der Waals surface area contributed by atoms with E-state index in [2.05, 4.69) is 10.3 Å². The van der Waals surface area contributed by atoms with Crippen LogP contribution in [0, 0.1) is 0 Å². The van der Waals surface area contributed by atoms with Crippen molar-refractivity contribution in [1.82, 2.24) is 10.3 Å². The second-order valence-electron chi connectivity index (χ2n) is 4.66. The van der Waals surface area contributed by atoms with Gasteiger partial charge in [-0.25, -0.2) is 4.98 Å². The Kier molecular flexibility index (Phi) is 5.98. The van der Waals surface area contributed by atoms with Crippen LogP contribution in [0.5, 0.6) is 11.5 Å². The quantitative estimate of drug-likeness (QED) is 0.783. The predicted octanol–water partition coefficient (Wildman–Crippen LogP) is 2.20. The van der Waals surface area contributed by atoms with Crippen LogP contribution in [0.4, 0.5) is 0 Å². The number of aromatic nitrogens is 1. The van der Waals surface area contributed by atoms with Gasteiger partial charge in [0.15, 0.2) is 0 Å². The number of hydrogen-bond donors (Lipinski definition) is 2. The molecule has 0 aliphatic heterocycles. The minimum absolute atomic E-state index is 0.0747. The molecule has 0 bridgehead atoms. The molecule has 0 amide bonds. The number of aliphatic hydroxyl groups is 1. The van der Waals surface area contributed by atoms with Crippen molar-refractivity contribution >= 4 is 11.3 Å². The van der Waals surface area contributed by atoms with Gasteiger partial charge in [0.2, 0.25) is 0 Å². The lowest BCUT2D eigenvalue weighted by Gasteiger charge is -2.08. The van der Waals surface area contributed by atoms with Crippen molar-refractivity contribution in [3.63, 3.8) is 0 Å². The number of benzene rings is 1. The maximum Gasteiger partial charge on any atom is 0.140 e. The highest BCUT2D eigenvalue weighted by molar-refractivity contribution is 7.09. The number of nitrogens with one attached hydrogen (secondary N) is 1. The minimum atomic E-state index is 0.0747. The first-order chi connectivity index (χ1) is 10.2. The van der Waals surface area contributed by atoms with E-state index in [0.717, 1.165) is 22.2 Å². The van der Waals surface area contributed by atoms with Crippen molar-refractivity contribution in [2.45, 2.75) is 26.1 Å². The molecule has 114 valence electrons. The Morgan fingerprint density at radius 2 is 2.00 bits per heavy atom. The van der Waals surface area contributed by atoms with Crippen LogP contribution in [0.3, 0.4) is 0 Å². The molecule has 21 heavy (non-hydrogen) atoms. The minimum Gasteiger partial charge on any atom is -0.497 e. The smallest absolute Gasteiger partial charge is 0.140 e. The van der Waals surface area contributed by atoms with Gasteiger partial charge in [-0.1, -0.05) is 0 Å². The van der Waals surface area contributed by atoms with E-state index < -0.39 is 0 Å². The number of thiazole rings is 1. The molecule has 5 nitrogen and oxygen atoms in total. The van der Waals surface area contributed by atoms with Crippen LogP contribution in [0.25, 0.3) is 0 Å². The molecule has 0 saturated heterocycles. The highest BCUT2D eigenvalue weighted by atomic mass is 32.1.